The van der Waals surface area contributed by atoms with Crippen LogP contribution in [0.2, 0.25) is 0 Å². The highest BCUT2D eigenvalue weighted by Crippen LogP contribution is 2.15. The normalized spacial score (nSPS) is 12.7. The van der Waals surface area contributed by atoms with Gasteiger partial charge in [-0.05, 0) is 24.6 Å². The van der Waals surface area contributed by atoms with Gasteiger partial charge in [0.25, 0.3) is 0 Å². The molecule has 2 aromatic carbocycles. The second kappa shape index (κ2) is 6.30. The summed E-state index contributed by atoms with van der Waals surface area (Å²) in [6.07, 6.45) is -0.505. The Morgan fingerprint density at radius 1 is 1.18 bits per heavy atom. The van der Waals surface area contributed by atoms with E-state index < -0.39 is 6.10 Å². The van der Waals surface area contributed by atoms with Crippen LogP contribution < -0.4 is 5.32 Å². The molecule has 0 bridgehead atoms. The third-order valence-electron chi connectivity index (χ3n) is 3.93. The molecule has 4 heteroatoms. The summed E-state index contributed by atoms with van der Waals surface area (Å²) in [7, 11) is 2.02. The molecule has 1 heterocycles. The van der Waals surface area contributed by atoms with Crippen molar-refractivity contribution in [3.05, 3.63) is 65.5 Å². The maximum Gasteiger partial charge on any atom is 0.123 e. The number of nitrogens with one attached hydrogen (secondary N) is 1. The molecule has 0 amide bonds. The summed E-state index contributed by atoms with van der Waals surface area (Å²) >= 11 is 0. The van der Waals surface area contributed by atoms with E-state index in [1.54, 1.807) is 0 Å². The fraction of sp³-hybridized carbons (Fsp3) is 0.278. The summed E-state index contributed by atoms with van der Waals surface area (Å²) in [5.41, 5.74) is 4.23. The minimum Gasteiger partial charge on any atom is -0.387 e. The molecule has 3 aromatic rings. The molecule has 0 radical (unpaired) electrons. The van der Waals surface area contributed by atoms with Crippen molar-refractivity contribution >= 4 is 11.0 Å². The van der Waals surface area contributed by atoms with Crippen LogP contribution in [0.15, 0.2) is 48.5 Å². The second-order valence-corrected chi connectivity index (χ2v) is 5.64. The first kappa shape index (κ1) is 14.8. The summed E-state index contributed by atoms with van der Waals surface area (Å²) in [5, 5.41) is 13.5. The van der Waals surface area contributed by atoms with Crippen molar-refractivity contribution in [2.45, 2.75) is 19.6 Å². The summed E-state index contributed by atoms with van der Waals surface area (Å²) in [6.45, 7) is 3.17. The average Bonchev–Trinajstić information content (AvgIpc) is 2.84. The van der Waals surface area contributed by atoms with E-state index in [0.717, 1.165) is 28.0 Å². The van der Waals surface area contributed by atoms with Gasteiger partial charge in [-0.2, -0.15) is 0 Å². The summed E-state index contributed by atoms with van der Waals surface area (Å²) in [4.78, 5) is 4.61. The van der Waals surface area contributed by atoms with Gasteiger partial charge in [-0.25, -0.2) is 4.98 Å². The molecule has 0 saturated carbocycles. The van der Waals surface area contributed by atoms with Crippen LogP contribution in [0.25, 0.3) is 11.0 Å². The monoisotopic (exact) mass is 295 g/mol. The number of nitrogens with zero attached hydrogens (tertiary/aromatic N) is 2. The molecule has 1 aromatic heterocycles. The Balaban J connectivity index is 1.63. The first-order valence-corrected chi connectivity index (χ1v) is 7.51. The highest BCUT2D eigenvalue weighted by atomic mass is 16.3. The smallest absolute Gasteiger partial charge is 0.123 e. The maximum atomic E-state index is 10.2. The van der Waals surface area contributed by atoms with E-state index in [1.165, 1.54) is 0 Å². The van der Waals surface area contributed by atoms with Crippen LogP contribution in [0.5, 0.6) is 0 Å². The minimum absolute atomic E-state index is 0.505. The topological polar surface area (TPSA) is 50.1 Å². The van der Waals surface area contributed by atoms with Crippen LogP contribution in [0.3, 0.4) is 0 Å². The maximum absolute atomic E-state index is 10.2. The molecule has 3 rings (SSSR count). The van der Waals surface area contributed by atoms with Crippen molar-refractivity contribution in [3.8, 4) is 0 Å². The van der Waals surface area contributed by atoms with E-state index in [1.807, 2.05) is 56.4 Å². The zero-order valence-corrected chi connectivity index (χ0v) is 13.0. The molecule has 0 fully saturated rings. The van der Waals surface area contributed by atoms with E-state index in [-0.39, 0.29) is 0 Å². The van der Waals surface area contributed by atoms with Crippen molar-refractivity contribution in [2.75, 3.05) is 6.54 Å². The zero-order chi connectivity index (χ0) is 15.5. The number of rotatable bonds is 5. The second-order valence-electron chi connectivity index (χ2n) is 5.64. The summed E-state index contributed by atoms with van der Waals surface area (Å²) in [5.74, 6) is 0.970. The SMILES string of the molecule is Cc1cccc(C(O)CNCc2nc3ccccc3n2C)c1. The molecular weight excluding hydrogens is 274 g/mol. The highest BCUT2D eigenvalue weighted by Gasteiger charge is 2.09. The van der Waals surface area contributed by atoms with Gasteiger partial charge in [0, 0.05) is 13.6 Å². The molecule has 114 valence electrons. The molecule has 0 aliphatic carbocycles. The Morgan fingerprint density at radius 3 is 2.77 bits per heavy atom. The number of hydrogen-bond donors (Lipinski definition) is 2. The van der Waals surface area contributed by atoms with Gasteiger partial charge in [0.05, 0.1) is 23.7 Å². The molecular formula is C18H21N3O. The number of aliphatic hydroxyl groups is 1. The van der Waals surface area contributed by atoms with Gasteiger partial charge in [-0.1, -0.05) is 42.0 Å². The molecule has 22 heavy (non-hydrogen) atoms. The number of benzene rings is 2. The Morgan fingerprint density at radius 2 is 2.00 bits per heavy atom. The van der Waals surface area contributed by atoms with Crippen LogP contribution in [-0.4, -0.2) is 21.2 Å². The fourth-order valence-corrected chi connectivity index (χ4v) is 2.67. The molecule has 0 saturated heterocycles. The number of para-hydroxylation sites is 2. The van der Waals surface area contributed by atoms with Gasteiger partial charge >= 0.3 is 0 Å². The predicted molar refractivity (Wildman–Crippen MR) is 88.6 cm³/mol. The Kier molecular flexibility index (Phi) is 4.22. The lowest BCUT2D eigenvalue weighted by atomic mass is 10.1. The van der Waals surface area contributed by atoms with Gasteiger partial charge in [-0.3, -0.25) is 0 Å². The number of fused-ring (bicyclic) bond motifs is 1. The molecule has 0 aliphatic rings. The van der Waals surface area contributed by atoms with Gasteiger partial charge in [0.2, 0.25) is 0 Å². The molecule has 1 atom stereocenters. The van der Waals surface area contributed by atoms with Crippen LogP contribution in [0.4, 0.5) is 0 Å². The number of imidazole rings is 1. The largest absolute Gasteiger partial charge is 0.387 e. The third-order valence-corrected chi connectivity index (χ3v) is 3.93. The van der Waals surface area contributed by atoms with E-state index >= 15 is 0 Å². The lowest BCUT2D eigenvalue weighted by molar-refractivity contribution is 0.174. The lowest BCUT2D eigenvalue weighted by Gasteiger charge is -2.12. The molecule has 0 aliphatic heterocycles. The summed E-state index contributed by atoms with van der Waals surface area (Å²) < 4.78 is 2.08. The molecule has 2 N–H and O–H groups in total. The number of aryl methyl sites for hydroxylation is 2. The van der Waals surface area contributed by atoms with Crippen LogP contribution in [0.1, 0.15) is 23.1 Å². The Bertz CT molecular complexity index is 779. The Labute approximate surface area is 130 Å². The van der Waals surface area contributed by atoms with Crippen molar-refractivity contribution in [2.24, 2.45) is 7.05 Å². The fourth-order valence-electron chi connectivity index (χ4n) is 2.67. The summed E-state index contributed by atoms with van der Waals surface area (Å²) in [6, 6.07) is 16.1. The molecule has 0 spiro atoms. The van der Waals surface area contributed by atoms with Crippen molar-refractivity contribution < 1.29 is 5.11 Å². The molecule has 1 unspecified atom stereocenters. The Hall–Kier alpha value is -2.17. The number of hydrogen-bond acceptors (Lipinski definition) is 3. The van der Waals surface area contributed by atoms with E-state index in [9.17, 15) is 5.11 Å². The zero-order valence-electron chi connectivity index (χ0n) is 13.0. The van der Waals surface area contributed by atoms with Gasteiger partial charge in [0.1, 0.15) is 5.82 Å². The average molecular weight is 295 g/mol. The first-order chi connectivity index (χ1) is 10.6. The third kappa shape index (κ3) is 3.03. The minimum atomic E-state index is -0.505. The number of aromatic nitrogens is 2. The van der Waals surface area contributed by atoms with E-state index in [0.29, 0.717) is 13.1 Å². The van der Waals surface area contributed by atoms with Crippen LogP contribution >= 0.6 is 0 Å². The van der Waals surface area contributed by atoms with Crippen molar-refractivity contribution in [1.29, 1.82) is 0 Å². The van der Waals surface area contributed by atoms with Gasteiger partial charge in [-0.15, -0.1) is 0 Å². The van der Waals surface area contributed by atoms with Crippen LogP contribution in [-0.2, 0) is 13.6 Å². The van der Waals surface area contributed by atoms with Crippen molar-refractivity contribution in [3.63, 3.8) is 0 Å². The highest BCUT2D eigenvalue weighted by molar-refractivity contribution is 5.75. The van der Waals surface area contributed by atoms with E-state index in [2.05, 4.69) is 20.9 Å². The lowest BCUT2D eigenvalue weighted by Crippen LogP contribution is -2.22. The van der Waals surface area contributed by atoms with Crippen LogP contribution in [0, 0.1) is 6.92 Å². The van der Waals surface area contributed by atoms with Crippen molar-refractivity contribution in [1.82, 2.24) is 14.9 Å². The number of aliphatic hydroxyl groups excluding tert-OH is 1. The van der Waals surface area contributed by atoms with Gasteiger partial charge < -0.3 is 15.0 Å². The van der Waals surface area contributed by atoms with Gasteiger partial charge in [0.15, 0.2) is 0 Å². The predicted octanol–water partition coefficient (Wildman–Crippen LogP) is 2.70. The molecule has 4 nitrogen and oxygen atoms in total. The quantitative estimate of drug-likeness (QED) is 0.761. The van der Waals surface area contributed by atoms with E-state index in [4.69, 9.17) is 0 Å². The first-order valence-electron chi connectivity index (χ1n) is 7.51. The standard InChI is InChI=1S/C18H21N3O/c1-13-6-5-7-14(10-13)17(22)11-19-12-18-20-15-8-3-4-9-16(15)21(18)2/h3-10,17,19,22H,11-12H2,1-2H3.